The van der Waals surface area contributed by atoms with Crippen molar-refractivity contribution in [2.45, 2.75) is 18.9 Å². The Morgan fingerprint density at radius 2 is 2.08 bits per heavy atom. The highest BCUT2D eigenvalue weighted by atomic mass is 127. The van der Waals surface area contributed by atoms with Gasteiger partial charge in [-0.2, -0.15) is 0 Å². The first-order valence-corrected chi connectivity index (χ1v) is 8.29. The first kappa shape index (κ1) is 19.5. The molecule has 3 rings (SSSR count). The number of benzene rings is 1. The van der Waals surface area contributed by atoms with Gasteiger partial charge in [0.1, 0.15) is 5.75 Å². The molecule has 2 aromatic rings. The normalized spacial score (nSPS) is 17.1. The summed E-state index contributed by atoms with van der Waals surface area (Å²) in [5.74, 6) is 2.38. The largest absolute Gasteiger partial charge is 0.497 e. The lowest BCUT2D eigenvalue weighted by molar-refractivity contribution is 0.414. The van der Waals surface area contributed by atoms with Gasteiger partial charge in [-0.15, -0.1) is 24.0 Å². The van der Waals surface area contributed by atoms with Gasteiger partial charge in [0.15, 0.2) is 5.96 Å². The van der Waals surface area contributed by atoms with E-state index >= 15 is 0 Å². The molecule has 1 aliphatic heterocycles. The average molecular weight is 452 g/mol. The molecule has 1 unspecified atom stereocenters. The fraction of sp³-hybridized carbons (Fsp3) is 0.368. The molecule has 2 heterocycles. The molecule has 0 bridgehead atoms. The van der Waals surface area contributed by atoms with E-state index in [4.69, 9.17) is 4.74 Å². The third-order valence-corrected chi connectivity index (χ3v) is 4.44. The molecule has 6 heteroatoms. The van der Waals surface area contributed by atoms with E-state index in [0.717, 1.165) is 36.9 Å². The second-order valence-corrected chi connectivity index (χ2v) is 5.93. The first-order chi connectivity index (χ1) is 11.8. The van der Waals surface area contributed by atoms with Gasteiger partial charge in [0.25, 0.3) is 0 Å². The molecule has 1 N–H and O–H groups in total. The zero-order valence-corrected chi connectivity index (χ0v) is 17.0. The van der Waals surface area contributed by atoms with Crippen molar-refractivity contribution in [1.29, 1.82) is 0 Å². The number of pyridine rings is 1. The number of rotatable bonds is 4. The van der Waals surface area contributed by atoms with Gasteiger partial charge in [0.2, 0.25) is 0 Å². The number of aliphatic imine (C=N–C) groups is 1. The standard InChI is InChI=1S/C19H24N4O.HI/c1-20-19(22-13-17-5-3-4-11-21-17)23-12-10-16(14-23)15-6-8-18(24-2)9-7-15;/h3-9,11,16H,10,12-14H2,1-2H3,(H,20,22);1H. The Bertz CT molecular complexity index is 676. The van der Waals surface area contributed by atoms with Crippen molar-refractivity contribution in [1.82, 2.24) is 15.2 Å². The number of hydrogen-bond donors (Lipinski definition) is 1. The summed E-state index contributed by atoms with van der Waals surface area (Å²) in [7, 11) is 3.53. The van der Waals surface area contributed by atoms with Crippen LogP contribution in [0.15, 0.2) is 53.7 Å². The molecular formula is C19H25IN4O. The molecule has 1 aromatic carbocycles. The molecule has 0 amide bonds. The molecule has 1 atom stereocenters. The number of hydrogen-bond acceptors (Lipinski definition) is 3. The summed E-state index contributed by atoms with van der Waals surface area (Å²) in [4.78, 5) is 11.1. The van der Waals surface area contributed by atoms with Crippen LogP contribution in [0.2, 0.25) is 0 Å². The Kier molecular flexibility index (Phi) is 7.49. The van der Waals surface area contributed by atoms with Crippen LogP contribution in [0.1, 0.15) is 23.6 Å². The van der Waals surface area contributed by atoms with E-state index < -0.39 is 0 Å². The smallest absolute Gasteiger partial charge is 0.193 e. The Labute approximate surface area is 166 Å². The van der Waals surface area contributed by atoms with E-state index in [2.05, 4.69) is 32.3 Å². The Hall–Kier alpha value is -1.83. The lowest BCUT2D eigenvalue weighted by Crippen LogP contribution is -2.39. The maximum absolute atomic E-state index is 5.24. The molecular weight excluding hydrogens is 427 g/mol. The fourth-order valence-electron chi connectivity index (χ4n) is 3.11. The monoisotopic (exact) mass is 452 g/mol. The minimum atomic E-state index is 0. The van der Waals surface area contributed by atoms with Crippen LogP contribution in [0.5, 0.6) is 5.75 Å². The number of nitrogens with zero attached hydrogens (tertiary/aromatic N) is 3. The molecule has 0 radical (unpaired) electrons. The maximum atomic E-state index is 5.24. The third-order valence-electron chi connectivity index (χ3n) is 4.44. The van der Waals surface area contributed by atoms with E-state index in [1.165, 1.54) is 5.56 Å². The summed E-state index contributed by atoms with van der Waals surface area (Å²) in [6.07, 6.45) is 2.95. The lowest BCUT2D eigenvalue weighted by Gasteiger charge is -2.21. The molecule has 134 valence electrons. The molecule has 1 fully saturated rings. The van der Waals surface area contributed by atoms with E-state index in [9.17, 15) is 0 Å². The van der Waals surface area contributed by atoms with Crippen molar-refractivity contribution >= 4 is 29.9 Å². The number of methoxy groups -OCH3 is 1. The average Bonchev–Trinajstić information content (AvgIpc) is 3.13. The second-order valence-electron chi connectivity index (χ2n) is 5.93. The summed E-state index contributed by atoms with van der Waals surface area (Å²) in [5, 5.41) is 3.41. The van der Waals surface area contributed by atoms with Crippen LogP contribution in [0.4, 0.5) is 0 Å². The highest BCUT2D eigenvalue weighted by Crippen LogP contribution is 2.28. The predicted molar refractivity (Wildman–Crippen MR) is 112 cm³/mol. The zero-order valence-electron chi connectivity index (χ0n) is 14.7. The van der Waals surface area contributed by atoms with Gasteiger partial charge in [-0.3, -0.25) is 9.98 Å². The van der Waals surface area contributed by atoms with Crippen molar-refractivity contribution in [3.8, 4) is 5.75 Å². The molecule has 0 saturated carbocycles. The van der Waals surface area contributed by atoms with Crippen molar-refractivity contribution in [3.05, 3.63) is 59.9 Å². The van der Waals surface area contributed by atoms with Gasteiger partial charge in [-0.25, -0.2) is 0 Å². The van der Waals surface area contributed by atoms with E-state index in [-0.39, 0.29) is 24.0 Å². The van der Waals surface area contributed by atoms with Gasteiger partial charge < -0.3 is 15.0 Å². The van der Waals surface area contributed by atoms with Crippen LogP contribution < -0.4 is 10.1 Å². The Balaban J connectivity index is 0.00000225. The number of nitrogens with one attached hydrogen (secondary N) is 1. The van der Waals surface area contributed by atoms with Gasteiger partial charge >= 0.3 is 0 Å². The first-order valence-electron chi connectivity index (χ1n) is 8.29. The minimum absolute atomic E-state index is 0. The van der Waals surface area contributed by atoms with E-state index in [0.29, 0.717) is 12.5 Å². The Morgan fingerprint density at radius 3 is 2.72 bits per heavy atom. The van der Waals surface area contributed by atoms with Crippen LogP contribution >= 0.6 is 24.0 Å². The van der Waals surface area contributed by atoms with Gasteiger partial charge in [0.05, 0.1) is 19.3 Å². The molecule has 1 saturated heterocycles. The SMILES string of the molecule is CN=C(NCc1ccccn1)N1CCC(c2ccc(OC)cc2)C1.I. The highest BCUT2D eigenvalue weighted by molar-refractivity contribution is 14.0. The minimum Gasteiger partial charge on any atom is -0.497 e. The Morgan fingerprint density at radius 1 is 1.28 bits per heavy atom. The van der Waals surface area contributed by atoms with Gasteiger partial charge in [-0.05, 0) is 36.2 Å². The number of ether oxygens (including phenoxy) is 1. The maximum Gasteiger partial charge on any atom is 0.193 e. The highest BCUT2D eigenvalue weighted by Gasteiger charge is 2.26. The van der Waals surface area contributed by atoms with E-state index in [1.54, 1.807) is 7.11 Å². The fourth-order valence-corrected chi connectivity index (χ4v) is 3.11. The summed E-state index contributed by atoms with van der Waals surface area (Å²) in [6, 6.07) is 14.3. The third kappa shape index (κ3) is 5.07. The van der Waals surface area contributed by atoms with Crippen LogP contribution in [-0.4, -0.2) is 43.1 Å². The van der Waals surface area contributed by atoms with Crippen LogP contribution in [0.25, 0.3) is 0 Å². The molecule has 25 heavy (non-hydrogen) atoms. The second kappa shape index (κ2) is 9.60. The number of aromatic nitrogens is 1. The quantitative estimate of drug-likeness (QED) is 0.440. The summed E-state index contributed by atoms with van der Waals surface area (Å²) in [6.45, 7) is 2.68. The molecule has 0 aliphatic carbocycles. The summed E-state index contributed by atoms with van der Waals surface area (Å²) < 4.78 is 5.24. The van der Waals surface area contributed by atoms with Crippen molar-refractivity contribution in [3.63, 3.8) is 0 Å². The molecule has 0 spiro atoms. The number of likely N-dealkylation sites (tertiary alicyclic amines) is 1. The van der Waals surface area contributed by atoms with Crippen LogP contribution in [0.3, 0.4) is 0 Å². The van der Waals surface area contributed by atoms with Crippen molar-refractivity contribution in [2.24, 2.45) is 4.99 Å². The molecule has 1 aliphatic rings. The van der Waals surface area contributed by atoms with Crippen molar-refractivity contribution < 1.29 is 4.74 Å². The van der Waals surface area contributed by atoms with Gasteiger partial charge in [0, 0.05) is 32.3 Å². The predicted octanol–water partition coefficient (Wildman–Crippen LogP) is 3.27. The zero-order chi connectivity index (χ0) is 16.8. The lowest BCUT2D eigenvalue weighted by atomic mass is 9.98. The topological polar surface area (TPSA) is 49.8 Å². The summed E-state index contributed by atoms with van der Waals surface area (Å²) >= 11 is 0. The number of halogens is 1. The molecule has 1 aromatic heterocycles. The van der Waals surface area contributed by atoms with Gasteiger partial charge in [-0.1, -0.05) is 18.2 Å². The summed E-state index contributed by atoms with van der Waals surface area (Å²) in [5.41, 5.74) is 2.38. The molecule has 5 nitrogen and oxygen atoms in total. The van der Waals surface area contributed by atoms with E-state index in [1.807, 2.05) is 43.6 Å². The van der Waals surface area contributed by atoms with Crippen molar-refractivity contribution in [2.75, 3.05) is 27.2 Å². The van der Waals surface area contributed by atoms with Crippen LogP contribution in [0, 0.1) is 0 Å². The number of guanidine groups is 1. The van der Waals surface area contributed by atoms with Crippen LogP contribution in [-0.2, 0) is 6.54 Å².